The van der Waals surface area contributed by atoms with Gasteiger partial charge in [-0.15, -0.1) is 0 Å². The first-order chi connectivity index (χ1) is 21.3. The molecule has 0 fully saturated rings. The van der Waals surface area contributed by atoms with Gasteiger partial charge in [-0.25, -0.2) is 0 Å². The molecule has 0 aliphatic heterocycles. The Morgan fingerprint density at radius 3 is 1.53 bits per heavy atom. The van der Waals surface area contributed by atoms with Crippen LogP contribution in [0.15, 0.2) is 162 Å². The molecule has 0 aliphatic rings. The quantitative estimate of drug-likeness (QED) is 0.201. The SMILES string of the molecule is c1ccc2c(-c3c4ccccc4c(-c4ccc(-c5ccc6oc7ccccc7c6c5)cc4)c4ccccc34)cccc2c1. The van der Waals surface area contributed by atoms with Crippen molar-refractivity contribution in [2.24, 2.45) is 0 Å². The lowest BCUT2D eigenvalue weighted by molar-refractivity contribution is 0.669. The van der Waals surface area contributed by atoms with Crippen LogP contribution in [0.1, 0.15) is 0 Å². The molecule has 200 valence electrons. The fraction of sp³-hybridized carbons (Fsp3) is 0. The van der Waals surface area contributed by atoms with Crippen molar-refractivity contribution in [3.63, 3.8) is 0 Å². The van der Waals surface area contributed by atoms with Crippen molar-refractivity contribution in [3.05, 3.63) is 158 Å². The molecule has 1 nitrogen and oxygen atoms in total. The van der Waals surface area contributed by atoms with Crippen molar-refractivity contribution >= 4 is 54.3 Å². The van der Waals surface area contributed by atoms with E-state index in [0.29, 0.717) is 0 Å². The molecule has 0 N–H and O–H groups in total. The van der Waals surface area contributed by atoms with Gasteiger partial charge in [0.2, 0.25) is 0 Å². The van der Waals surface area contributed by atoms with Gasteiger partial charge in [-0.2, -0.15) is 0 Å². The van der Waals surface area contributed by atoms with Crippen molar-refractivity contribution in [2.75, 3.05) is 0 Å². The Morgan fingerprint density at radius 2 is 0.814 bits per heavy atom. The predicted octanol–water partition coefficient (Wildman–Crippen LogP) is 12.0. The monoisotopic (exact) mass is 546 g/mol. The molecule has 0 radical (unpaired) electrons. The summed E-state index contributed by atoms with van der Waals surface area (Å²) in [7, 11) is 0. The molecule has 0 saturated heterocycles. The van der Waals surface area contributed by atoms with Crippen molar-refractivity contribution in [2.45, 2.75) is 0 Å². The first-order valence-corrected chi connectivity index (χ1v) is 14.8. The molecule has 43 heavy (non-hydrogen) atoms. The maximum atomic E-state index is 6.07. The number of para-hydroxylation sites is 1. The maximum absolute atomic E-state index is 6.07. The molecule has 0 atom stereocenters. The zero-order valence-corrected chi connectivity index (χ0v) is 23.4. The maximum Gasteiger partial charge on any atom is 0.135 e. The van der Waals surface area contributed by atoms with E-state index >= 15 is 0 Å². The second-order valence-corrected chi connectivity index (χ2v) is 11.3. The summed E-state index contributed by atoms with van der Waals surface area (Å²) in [5.74, 6) is 0. The molecular formula is C42H26O. The van der Waals surface area contributed by atoms with Gasteiger partial charge in [0.05, 0.1) is 0 Å². The summed E-state index contributed by atoms with van der Waals surface area (Å²) in [5.41, 5.74) is 9.29. The smallest absolute Gasteiger partial charge is 0.135 e. The molecule has 0 spiro atoms. The van der Waals surface area contributed by atoms with Gasteiger partial charge in [-0.05, 0) is 83.9 Å². The van der Waals surface area contributed by atoms with Gasteiger partial charge >= 0.3 is 0 Å². The third kappa shape index (κ3) is 3.72. The molecule has 1 heterocycles. The van der Waals surface area contributed by atoms with E-state index in [1.807, 2.05) is 12.1 Å². The molecule has 8 aromatic carbocycles. The molecular weight excluding hydrogens is 520 g/mol. The van der Waals surface area contributed by atoms with Crippen molar-refractivity contribution in [1.29, 1.82) is 0 Å². The Labute approximate surface area is 249 Å². The van der Waals surface area contributed by atoms with Gasteiger partial charge in [-0.3, -0.25) is 0 Å². The van der Waals surface area contributed by atoms with E-state index in [-0.39, 0.29) is 0 Å². The summed E-state index contributed by atoms with van der Waals surface area (Å²) >= 11 is 0. The first kappa shape index (κ1) is 24.0. The van der Waals surface area contributed by atoms with Gasteiger partial charge in [0.25, 0.3) is 0 Å². The van der Waals surface area contributed by atoms with Crippen LogP contribution in [0.3, 0.4) is 0 Å². The molecule has 0 amide bonds. The summed E-state index contributed by atoms with van der Waals surface area (Å²) in [5, 5.41) is 9.92. The fourth-order valence-electron chi connectivity index (χ4n) is 6.91. The third-order valence-corrected chi connectivity index (χ3v) is 8.87. The highest BCUT2D eigenvalue weighted by Gasteiger charge is 2.18. The van der Waals surface area contributed by atoms with E-state index in [1.165, 1.54) is 65.7 Å². The van der Waals surface area contributed by atoms with Crippen LogP contribution in [-0.2, 0) is 0 Å². The topological polar surface area (TPSA) is 13.1 Å². The number of fused-ring (bicyclic) bond motifs is 6. The lowest BCUT2D eigenvalue weighted by Crippen LogP contribution is -1.91. The van der Waals surface area contributed by atoms with Crippen LogP contribution in [0.5, 0.6) is 0 Å². The van der Waals surface area contributed by atoms with E-state index in [9.17, 15) is 0 Å². The highest BCUT2D eigenvalue weighted by molar-refractivity contribution is 6.23. The highest BCUT2D eigenvalue weighted by atomic mass is 16.3. The fourth-order valence-corrected chi connectivity index (χ4v) is 6.91. The minimum Gasteiger partial charge on any atom is -0.456 e. The predicted molar refractivity (Wildman–Crippen MR) is 183 cm³/mol. The zero-order valence-electron chi connectivity index (χ0n) is 23.4. The van der Waals surface area contributed by atoms with Crippen LogP contribution in [0.4, 0.5) is 0 Å². The summed E-state index contributed by atoms with van der Waals surface area (Å²) in [6.45, 7) is 0. The van der Waals surface area contributed by atoms with Crippen molar-refractivity contribution < 1.29 is 4.42 Å². The Morgan fingerprint density at radius 1 is 0.302 bits per heavy atom. The molecule has 1 heteroatoms. The highest BCUT2D eigenvalue weighted by Crippen LogP contribution is 2.45. The Balaban J connectivity index is 1.25. The second-order valence-electron chi connectivity index (χ2n) is 11.3. The standard InChI is InChI=1S/C42H26O/c1-2-12-31-28(10-1)11-9-18-33(31)42-36-16-5-3-14-34(36)41(35-15-4-6-17-37(35)42)29-22-20-27(21-23-29)30-24-25-40-38(26-30)32-13-7-8-19-39(32)43-40/h1-26H. The van der Waals surface area contributed by atoms with E-state index < -0.39 is 0 Å². The van der Waals surface area contributed by atoms with Crippen LogP contribution in [-0.4, -0.2) is 0 Å². The second kappa shape index (κ2) is 9.44. The van der Waals surface area contributed by atoms with Crippen LogP contribution < -0.4 is 0 Å². The largest absolute Gasteiger partial charge is 0.456 e. The molecule has 0 saturated carbocycles. The summed E-state index contributed by atoms with van der Waals surface area (Å²) in [6, 6.07) is 56.9. The van der Waals surface area contributed by atoms with Gasteiger partial charge in [0.15, 0.2) is 0 Å². The lowest BCUT2D eigenvalue weighted by Gasteiger charge is -2.19. The van der Waals surface area contributed by atoms with E-state index in [0.717, 1.165) is 21.9 Å². The molecule has 1 aromatic heterocycles. The number of furan rings is 1. The van der Waals surface area contributed by atoms with Gasteiger partial charge in [0, 0.05) is 10.8 Å². The van der Waals surface area contributed by atoms with Crippen molar-refractivity contribution in [3.8, 4) is 33.4 Å². The number of hydrogen-bond donors (Lipinski definition) is 0. The van der Waals surface area contributed by atoms with Crippen LogP contribution in [0.2, 0.25) is 0 Å². The van der Waals surface area contributed by atoms with Crippen molar-refractivity contribution in [1.82, 2.24) is 0 Å². The molecule has 9 rings (SSSR count). The van der Waals surface area contributed by atoms with Crippen LogP contribution >= 0.6 is 0 Å². The number of hydrogen-bond acceptors (Lipinski definition) is 1. The Kier molecular flexibility index (Phi) is 5.27. The van der Waals surface area contributed by atoms with E-state index in [4.69, 9.17) is 4.42 Å². The minimum atomic E-state index is 0.922. The average molecular weight is 547 g/mol. The van der Waals surface area contributed by atoms with E-state index in [1.54, 1.807) is 0 Å². The summed E-state index contributed by atoms with van der Waals surface area (Å²) < 4.78 is 6.07. The normalized spacial score (nSPS) is 11.7. The molecule has 9 aromatic rings. The Bertz CT molecular complexity index is 2430. The minimum absolute atomic E-state index is 0.922. The van der Waals surface area contributed by atoms with Gasteiger partial charge in [-0.1, -0.05) is 140 Å². The first-order valence-electron chi connectivity index (χ1n) is 14.8. The van der Waals surface area contributed by atoms with Gasteiger partial charge < -0.3 is 4.42 Å². The molecule has 0 aliphatic carbocycles. The summed E-state index contributed by atoms with van der Waals surface area (Å²) in [4.78, 5) is 0. The number of benzene rings is 8. The number of rotatable bonds is 3. The van der Waals surface area contributed by atoms with Crippen LogP contribution in [0.25, 0.3) is 87.6 Å². The lowest BCUT2D eigenvalue weighted by atomic mass is 9.84. The summed E-state index contributed by atoms with van der Waals surface area (Å²) in [6.07, 6.45) is 0. The third-order valence-electron chi connectivity index (χ3n) is 8.87. The van der Waals surface area contributed by atoms with E-state index in [2.05, 4.69) is 146 Å². The zero-order chi connectivity index (χ0) is 28.3. The average Bonchev–Trinajstić information content (AvgIpc) is 3.45. The molecule has 0 bridgehead atoms. The van der Waals surface area contributed by atoms with Crippen LogP contribution in [0, 0.1) is 0 Å². The molecule has 0 unspecified atom stereocenters. The van der Waals surface area contributed by atoms with Gasteiger partial charge in [0.1, 0.15) is 11.2 Å². The Hall–Kier alpha value is -5.66.